The van der Waals surface area contributed by atoms with Crippen molar-refractivity contribution in [1.82, 2.24) is 25.3 Å². The molecule has 1 N–H and O–H groups in total. The molecule has 3 rings (SSSR count). The van der Waals surface area contributed by atoms with Gasteiger partial charge in [-0.1, -0.05) is 6.58 Å². The number of nitrogens with zero attached hydrogens (tertiary/aromatic N) is 4. The smallest absolute Gasteiger partial charge is 0.419 e. The molecule has 1 amide bonds. The highest BCUT2D eigenvalue weighted by atomic mass is 19.4. The van der Waals surface area contributed by atoms with Crippen LogP contribution >= 0.6 is 0 Å². The van der Waals surface area contributed by atoms with E-state index in [4.69, 9.17) is 9.15 Å². The Morgan fingerprint density at radius 1 is 1.21 bits per heavy atom. The molecule has 2 heterocycles. The van der Waals surface area contributed by atoms with Gasteiger partial charge in [0.05, 0.1) is 12.2 Å². The van der Waals surface area contributed by atoms with E-state index < -0.39 is 37.2 Å². The fourth-order valence-corrected chi connectivity index (χ4v) is 2.89. The Morgan fingerprint density at radius 3 is 2.61 bits per heavy atom. The first kappa shape index (κ1) is 24.7. The lowest BCUT2D eigenvalue weighted by atomic mass is 9.92. The van der Waals surface area contributed by atoms with Crippen LogP contribution in [0, 0.1) is 0 Å². The number of alkyl halides is 6. The number of rotatable bonds is 10. The molecule has 0 radical (unpaired) electrons. The molecule has 182 valence electrons. The third-order valence-electron chi connectivity index (χ3n) is 4.43. The Balaban J connectivity index is 1.35. The van der Waals surface area contributed by atoms with Crippen molar-refractivity contribution in [3.63, 3.8) is 0 Å². The van der Waals surface area contributed by atoms with Gasteiger partial charge < -0.3 is 14.5 Å². The van der Waals surface area contributed by atoms with Gasteiger partial charge in [-0.05, 0) is 12.5 Å². The van der Waals surface area contributed by atoms with Crippen molar-refractivity contribution in [2.75, 3.05) is 6.61 Å². The van der Waals surface area contributed by atoms with Crippen molar-refractivity contribution in [2.45, 2.75) is 57.0 Å². The standard InChI is InChI=1S/C18H19F6N5O4/c1-10(25-14(30)8-31-11-6-12(7-11)33-18(22,23)24)2-3-15-26-27-16(32-15)13-4-5-29(28-13)9-17(19,20)21/h4-5,11-12H,1-3,6-9H2,(H,25,30)/t11-,12+. The first-order chi connectivity index (χ1) is 15.4. The lowest BCUT2D eigenvalue weighted by Crippen LogP contribution is -2.42. The Kier molecular flexibility index (Phi) is 7.41. The molecule has 0 bridgehead atoms. The molecule has 0 aromatic carbocycles. The maximum absolute atomic E-state index is 12.4. The van der Waals surface area contributed by atoms with E-state index in [1.807, 2.05) is 0 Å². The van der Waals surface area contributed by atoms with Crippen LogP contribution in [0.5, 0.6) is 0 Å². The average molecular weight is 483 g/mol. The Morgan fingerprint density at radius 2 is 1.94 bits per heavy atom. The van der Waals surface area contributed by atoms with Crippen molar-refractivity contribution < 1.29 is 45.0 Å². The van der Waals surface area contributed by atoms with Crippen molar-refractivity contribution in [2.24, 2.45) is 0 Å². The number of hydrogen-bond donors (Lipinski definition) is 1. The van der Waals surface area contributed by atoms with Crippen LogP contribution < -0.4 is 5.32 Å². The molecular weight excluding hydrogens is 464 g/mol. The van der Waals surface area contributed by atoms with Crippen molar-refractivity contribution in [3.05, 3.63) is 30.4 Å². The van der Waals surface area contributed by atoms with Gasteiger partial charge in [0.1, 0.15) is 18.8 Å². The Labute approximate surface area is 182 Å². The highest BCUT2D eigenvalue weighted by molar-refractivity contribution is 5.78. The van der Waals surface area contributed by atoms with E-state index in [2.05, 4.69) is 31.9 Å². The van der Waals surface area contributed by atoms with Crippen molar-refractivity contribution in [3.8, 4) is 11.6 Å². The third-order valence-corrected chi connectivity index (χ3v) is 4.43. The van der Waals surface area contributed by atoms with Crippen LogP contribution in [0.2, 0.25) is 0 Å². The SMILES string of the molecule is C=C(CCc1nnc(-c2ccn(CC(F)(F)F)n2)o1)NC(=O)CO[C@H]1C[C@@H](OC(F)(F)F)C1. The number of allylic oxidation sites excluding steroid dienone is 1. The molecule has 2 aromatic rings. The van der Waals surface area contributed by atoms with Crippen LogP contribution in [-0.4, -0.2) is 57.2 Å². The molecule has 0 spiro atoms. The number of aryl methyl sites for hydroxylation is 1. The van der Waals surface area contributed by atoms with Gasteiger partial charge in [0.25, 0.3) is 5.89 Å². The minimum absolute atomic E-state index is 0.0433. The lowest BCUT2D eigenvalue weighted by Gasteiger charge is -2.34. The number of aromatic nitrogens is 4. The molecule has 1 fully saturated rings. The summed E-state index contributed by atoms with van der Waals surface area (Å²) in [6.07, 6.45) is -8.93. The van der Waals surface area contributed by atoms with Crippen molar-refractivity contribution >= 4 is 5.91 Å². The van der Waals surface area contributed by atoms with E-state index in [-0.39, 0.29) is 49.8 Å². The van der Waals surface area contributed by atoms with Gasteiger partial charge in [0.2, 0.25) is 11.8 Å². The zero-order valence-corrected chi connectivity index (χ0v) is 16.9. The number of nitrogens with one attached hydrogen (secondary N) is 1. The molecule has 9 nitrogen and oxygen atoms in total. The average Bonchev–Trinajstić information content (AvgIpc) is 3.28. The molecular formula is C18H19F6N5O4. The molecule has 33 heavy (non-hydrogen) atoms. The summed E-state index contributed by atoms with van der Waals surface area (Å²) in [6.45, 7) is 2.08. The van der Waals surface area contributed by atoms with E-state index in [1.165, 1.54) is 6.07 Å². The third kappa shape index (κ3) is 8.16. The van der Waals surface area contributed by atoms with Crippen molar-refractivity contribution in [1.29, 1.82) is 0 Å². The fraction of sp³-hybridized carbons (Fsp3) is 0.556. The van der Waals surface area contributed by atoms with Gasteiger partial charge in [0.15, 0.2) is 0 Å². The number of ether oxygens (including phenoxy) is 2. The van der Waals surface area contributed by atoms with Crippen LogP contribution in [0.4, 0.5) is 26.3 Å². The quantitative estimate of drug-likeness (QED) is 0.518. The summed E-state index contributed by atoms with van der Waals surface area (Å²) in [4.78, 5) is 11.9. The summed E-state index contributed by atoms with van der Waals surface area (Å²) >= 11 is 0. The summed E-state index contributed by atoms with van der Waals surface area (Å²) < 4.78 is 88.5. The molecule has 0 unspecified atom stereocenters. The summed E-state index contributed by atoms with van der Waals surface area (Å²) in [6, 6.07) is 1.31. The molecule has 2 aromatic heterocycles. The predicted molar refractivity (Wildman–Crippen MR) is 97.1 cm³/mol. The molecule has 15 heteroatoms. The second-order valence-electron chi connectivity index (χ2n) is 7.26. The van der Waals surface area contributed by atoms with E-state index in [9.17, 15) is 31.1 Å². The molecule has 1 aliphatic carbocycles. The lowest BCUT2D eigenvalue weighted by molar-refractivity contribution is -0.357. The van der Waals surface area contributed by atoms with Gasteiger partial charge in [-0.25, -0.2) is 0 Å². The Hall–Kier alpha value is -2.94. The van der Waals surface area contributed by atoms with E-state index in [0.717, 1.165) is 6.20 Å². The molecule has 0 atom stereocenters. The van der Waals surface area contributed by atoms with Gasteiger partial charge in [-0.3, -0.25) is 14.2 Å². The van der Waals surface area contributed by atoms with Crippen LogP contribution in [0.25, 0.3) is 11.6 Å². The summed E-state index contributed by atoms with van der Waals surface area (Å²) in [5, 5.41) is 13.7. The van der Waals surface area contributed by atoms with Gasteiger partial charge in [-0.15, -0.1) is 23.4 Å². The highest BCUT2D eigenvalue weighted by Crippen LogP contribution is 2.32. The highest BCUT2D eigenvalue weighted by Gasteiger charge is 2.40. The topological polar surface area (TPSA) is 104 Å². The van der Waals surface area contributed by atoms with E-state index >= 15 is 0 Å². The van der Waals surface area contributed by atoms with Gasteiger partial charge in [-0.2, -0.15) is 18.3 Å². The number of amides is 1. The molecule has 1 saturated carbocycles. The number of carbonyl (C=O) groups is 1. The normalized spacial score (nSPS) is 18.7. The molecule has 1 aliphatic rings. The maximum Gasteiger partial charge on any atom is 0.522 e. The predicted octanol–water partition coefficient (Wildman–Crippen LogP) is 3.14. The first-order valence-electron chi connectivity index (χ1n) is 9.63. The monoisotopic (exact) mass is 483 g/mol. The number of hydrogen-bond acceptors (Lipinski definition) is 7. The zero-order chi connectivity index (χ0) is 24.2. The van der Waals surface area contributed by atoms with Crippen LogP contribution in [-0.2, 0) is 27.2 Å². The van der Waals surface area contributed by atoms with E-state index in [1.54, 1.807) is 0 Å². The minimum atomic E-state index is -4.70. The summed E-state index contributed by atoms with van der Waals surface area (Å²) in [5.74, 6) is -0.420. The van der Waals surface area contributed by atoms with Crippen LogP contribution in [0.3, 0.4) is 0 Å². The van der Waals surface area contributed by atoms with Crippen LogP contribution in [0.15, 0.2) is 29.0 Å². The zero-order valence-electron chi connectivity index (χ0n) is 16.9. The number of carbonyl (C=O) groups excluding carboxylic acids is 1. The fourth-order valence-electron chi connectivity index (χ4n) is 2.89. The minimum Gasteiger partial charge on any atom is -0.419 e. The first-order valence-corrected chi connectivity index (χ1v) is 9.63. The second-order valence-corrected chi connectivity index (χ2v) is 7.26. The second kappa shape index (κ2) is 9.91. The summed E-state index contributed by atoms with van der Waals surface area (Å²) in [5.41, 5.74) is 0.394. The van der Waals surface area contributed by atoms with Crippen LogP contribution in [0.1, 0.15) is 25.2 Å². The van der Waals surface area contributed by atoms with E-state index in [0.29, 0.717) is 10.4 Å². The molecule has 0 saturated heterocycles. The maximum atomic E-state index is 12.4. The van der Waals surface area contributed by atoms with Gasteiger partial charge in [0, 0.05) is 31.2 Å². The summed E-state index contributed by atoms with van der Waals surface area (Å²) in [7, 11) is 0. The Bertz CT molecular complexity index is 964. The number of halogens is 6. The largest absolute Gasteiger partial charge is 0.522 e. The van der Waals surface area contributed by atoms with Gasteiger partial charge >= 0.3 is 12.5 Å². The molecule has 0 aliphatic heterocycles.